The summed E-state index contributed by atoms with van der Waals surface area (Å²) in [6.07, 6.45) is 3.93. The van der Waals surface area contributed by atoms with Gasteiger partial charge in [0.25, 0.3) is 0 Å². The number of allylic oxidation sites excluding steroid dienone is 1. The minimum absolute atomic E-state index is 0.178. The predicted molar refractivity (Wildman–Crippen MR) is 130 cm³/mol. The summed E-state index contributed by atoms with van der Waals surface area (Å²) in [6, 6.07) is 18.9. The molecule has 0 aliphatic heterocycles. The lowest BCUT2D eigenvalue weighted by atomic mass is 10.1. The van der Waals surface area contributed by atoms with Gasteiger partial charge >= 0.3 is 5.91 Å². The number of benzene rings is 3. The zero-order valence-corrected chi connectivity index (χ0v) is 19.1. The van der Waals surface area contributed by atoms with E-state index in [2.05, 4.69) is 33.0 Å². The highest BCUT2D eigenvalue weighted by Crippen LogP contribution is 2.24. The summed E-state index contributed by atoms with van der Waals surface area (Å²) >= 11 is 3.40. The van der Waals surface area contributed by atoms with E-state index in [1.807, 2.05) is 30.3 Å². The Kier molecular flexibility index (Phi) is 7.00. The molecule has 0 saturated carbocycles. The molecule has 33 heavy (non-hydrogen) atoms. The van der Waals surface area contributed by atoms with Crippen molar-refractivity contribution in [1.29, 1.82) is 0 Å². The summed E-state index contributed by atoms with van der Waals surface area (Å²) in [5, 5.41) is 4.87. The second-order valence-corrected chi connectivity index (χ2v) is 8.18. The first-order valence-electron chi connectivity index (χ1n) is 10.2. The maximum atomic E-state index is 13.1. The van der Waals surface area contributed by atoms with Crippen LogP contribution in [0, 0.1) is 5.82 Å². The lowest BCUT2D eigenvalue weighted by Gasteiger charge is -2.11. The Balaban J connectivity index is 1.42. The van der Waals surface area contributed by atoms with Crippen LogP contribution < -0.4 is 10.2 Å². The summed E-state index contributed by atoms with van der Waals surface area (Å²) in [5.41, 5.74) is 5.68. The van der Waals surface area contributed by atoms with Crippen molar-refractivity contribution < 1.29 is 18.3 Å². The number of hydrazone groups is 1. The zero-order valence-electron chi connectivity index (χ0n) is 17.6. The van der Waals surface area contributed by atoms with E-state index in [1.54, 1.807) is 36.6 Å². The Morgan fingerprint density at radius 2 is 1.94 bits per heavy atom. The fourth-order valence-corrected chi connectivity index (χ4v) is 3.60. The molecular weight excluding hydrogens is 487 g/mol. The van der Waals surface area contributed by atoms with Crippen LogP contribution in [0.3, 0.4) is 0 Å². The van der Waals surface area contributed by atoms with Crippen LogP contribution in [0.25, 0.3) is 11.0 Å². The van der Waals surface area contributed by atoms with Crippen molar-refractivity contribution in [3.8, 4) is 5.75 Å². The van der Waals surface area contributed by atoms with E-state index >= 15 is 0 Å². The van der Waals surface area contributed by atoms with Gasteiger partial charge in [0.05, 0.1) is 6.21 Å². The molecule has 0 saturated heterocycles. The SMILES string of the molecule is C=CCc1cc(/C=N/NC(=O)c2cc3cc(Br)ccc3o2)ccc1OCc1ccc(F)cc1. The van der Waals surface area contributed by atoms with Gasteiger partial charge < -0.3 is 9.15 Å². The van der Waals surface area contributed by atoms with E-state index in [0.29, 0.717) is 24.4 Å². The smallest absolute Gasteiger partial charge is 0.307 e. The second kappa shape index (κ2) is 10.3. The number of carbonyl (C=O) groups excluding carboxylic acids is 1. The van der Waals surface area contributed by atoms with Crippen LogP contribution in [0.2, 0.25) is 0 Å². The van der Waals surface area contributed by atoms with Gasteiger partial charge in [-0.15, -0.1) is 6.58 Å². The molecule has 1 N–H and O–H groups in total. The molecule has 166 valence electrons. The van der Waals surface area contributed by atoms with Gasteiger partial charge in [0.2, 0.25) is 0 Å². The van der Waals surface area contributed by atoms with E-state index in [9.17, 15) is 9.18 Å². The molecule has 5 nitrogen and oxygen atoms in total. The van der Waals surface area contributed by atoms with Crippen molar-refractivity contribution in [2.24, 2.45) is 5.10 Å². The highest BCUT2D eigenvalue weighted by Gasteiger charge is 2.12. The van der Waals surface area contributed by atoms with E-state index in [0.717, 1.165) is 26.5 Å². The highest BCUT2D eigenvalue weighted by molar-refractivity contribution is 9.10. The quantitative estimate of drug-likeness (QED) is 0.170. The fraction of sp³-hybridized carbons (Fsp3) is 0.0769. The van der Waals surface area contributed by atoms with Crippen molar-refractivity contribution in [3.05, 3.63) is 112 Å². The Morgan fingerprint density at radius 3 is 2.73 bits per heavy atom. The summed E-state index contributed by atoms with van der Waals surface area (Å²) in [5.74, 6) is 0.158. The number of furan rings is 1. The molecule has 1 aromatic heterocycles. The lowest BCUT2D eigenvalue weighted by molar-refractivity contribution is 0.0929. The first kappa shape index (κ1) is 22.5. The van der Waals surface area contributed by atoms with Crippen molar-refractivity contribution in [2.45, 2.75) is 13.0 Å². The van der Waals surface area contributed by atoms with Gasteiger partial charge in [0, 0.05) is 9.86 Å². The minimum Gasteiger partial charge on any atom is -0.489 e. The van der Waals surface area contributed by atoms with Crippen LogP contribution in [0.1, 0.15) is 27.2 Å². The first-order chi connectivity index (χ1) is 16.0. The molecule has 0 fully saturated rings. The summed E-state index contributed by atoms with van der Waals surface area (Å²) in [6.45, 7) is 4.12. The van der Waals surface area contributed by atoms with Crippen molar-refractivity contribution in [1.82, 2.24) is 5.43 Å². The Labute approximate surface area is 198 Å². The third-order valence-electron chi connectivity index (χ3n) is 4.84. The molecule has 0 aliphatic rings. The topological polar surface area (TPSA) is 63.8 Å². The summed E-state index contributed by atoms with van der Waals surface area (Å²) < 4.78 is 25.5. The molecule has 0 bridgehead atoms. The molecule has 7 heteroatoms. The van der Waals surface area contributed by atoms with Crippen LogP contribution in [-0.2, 0) is 13.0 Å². The Morgan fingerprint density at radius 1 is 1.12 bits per heavy atom. The number of amides is 1. The average Bonchev–Trinajstić information content (AvgIpc) is 3.23. The Hall–Kier alpha value is -3.71. The van der Waals surface area contributed by atoms with Gasteiger partial charge in [-0.3, -0.25) is 4.79 Å². The van der Waals surface area contributed by atoms with Gasteiger partial charge in [0.1, 0.15) is 23.8 Å². The largest absolute Gasteiger partial charge is 0.489 e. The number of hydrogen-bond donors (Lipinski definition) is 1. The van der Waals surface area contributed by atoms with Crippen LogP contribution in [0.4, 0.5) is 4.39 Å². The van der Waals surface area contributed by atoms with E-state index in [4.69, 9.17) is 9.15 Å². The number of hydrogen-bond acceptors (Lipinski definition) is 4. The number of ether oxygens (including phenoxy) is 1. The molecule has 0 spiro atoms. The molecule has 0 radical (unpaired) electrons. The van der Waals surface area contributed by atoms with Crippen molar-refractivity contribution >= 4 is 39.0 Å². The molecule has 4 aromatic rings. The van der Waals surface area contributed by atoms with Gasteiger partial charge in [-0.25, -0.2) is 9.82 Å². The lowest BCUT2D eigenvalue weighted by Crippen LogP contribution is -2.16. The molecule has 0 unspecified atom stereocenters. The van der Waals surface area contributed by atoms with Crippen molar-refractivity contribution in [2.75, 3.05) is 0 Å². The highest BCUT2D eigenvalue weighted by atomic mass is 79.9. The number of nitrogens with one attached hydrogen (secondary N) is 1. The monoisotopic (exact) mass is 506 g/mol. The number of rotatable bonds is 8. The normalized spacial score (nSPS) is 11.1. The fourth-order valence-electron chi connectivity index (χ4n) is 3.22. The van der Waals surface area contributed by atoms with Gasteiger partial charge in [0.15, 0.2) is 5.76 Å². The maximum Gasteiger partial charge on any atom is 0.307 e. The van der Waals surface area contributed by atoms with E-state index in [-0.39, 0.29) is 11.6 Å². The van der Waals surface area contributed by atoms with Gasteiger partial charge in [-0.05, 0) is 77.7 Å². The molecule has 4 rings (SSSR count). The zero-order chi connectivity index (χ0) is 23.2. The number of halogens is 2. The third-order valence-corrected chi connectivity index (χ3v) is 5.33. The average molecular weight is 507 g/mol. The van der Waals surface area contributed by atoms with Crippen LogP contribution in [0.15, 0.2) is 93.4 Å². The molecule has 1 heterocycles. The second-order valence-electron chi connectivity index (χ2n) is 7.27. The van der Waals surface area contributed by atoms with Crippen LogP contribution >= 0.6 is 15.9 Å². The summed E-state index contributed by atoms with van der Waals surface area (Å²) in [4.78, 5) is 12.4. The predicted octanol–water partition coefficient (Wildman–Crippen LogP) is 6.41. The van der Waals surface area contributed by atoms with E-state index < -0.39 is 5.91 Å². The van der Waals surface area contributed by atoms with Crippen molar-refractivity contribution in [3.63, 3.8) is 0 Å². The molecule has 1 amide bonds. The molecule has 0 atom stereocenters. The number of carbonyl (C=O) groups is 1. The number of nitrogens with zero attached hydrogens (tertiary/aromatic N) is 1. The van der Waals surface area contributed by atoms with Crippen LogP contribution in [0.5, 0.6) is 5.75 Å². The molecular formula is C26H20BrFN2O3. The van der Waals surface area contributed by atoms with E-state index in [1.165, 1.54) is 12.1 Å². The minimum atomic E-state index is -0.441. The molecule has 0 aliphatic carbocycles. The third kappa shape index (κ3) is 5.75. The Bertz CT molecular complexity index is 1330. The number of fused-ring (bicyclic) bond motifs is 1. The van der Waals surface area contributed by atoms with Gasteiger partial charge in [-0.2, -0.15) is 5.10 Å². The first-order valence-corrected chi connectivity index (χ1v) is 10.9. The molecule has 3 aromatic carbocycles. The summed E-state index contributed by atoms with van der Waals surface area (Å²) in [7, 11) is 0. The standard InChI is InChI=1S/C26H20BrFN2O3/c1-2-3-19-12-18(6-10-23(19)32-16-17-4-8-22(28)9-5-17)15-29-30-26(31)25-14-20-13-21(27)7-11-24(20)33-25/h2,4-15H,1,3,16H2,(H,30,31)/b29-15+. The van der Waals surface area contributed by atoms with Crippen LogP contribution in [-0.4, -0.2) is 12.1 Å². The maximum absolute atomic E-state index is 13.1. The van der Waals surface area contributed by atoms with Gasteiger partial charge in [-0.1, -0.05) is 34.1 Å².